The second-order valence-electron chi connectivity index (χ2n) is 6.04. The summed E-state index contributed by atoms with van der Waals surface area (Å²) in [4.78, 5) is 25.1. The molecule has 7 heteroatoms. The van der Waals surface area contributed by atoms with E-state index in [0.717, 1.165) is 30.3 Å². The van der Waals surface area contributed by atoms with Gasteiger partial charge in [-0.05, 0) is 31.5 Å². The molecule has 3 rings (SSSR count). The van der Waals surface area contributed by atoms with Gasteiger partial charge >= 0.3 is 0 Å². The van der Waals surface area contributed by atoms with E-state index in [1.165, 1.54) is 5.56 Å². The van der Waals surface area contributed by atoms with Crippen LogP contribution in [0.15, 0.2) is 30.6 Å². The number of hydrogen-bond donors (Lipinski definition) is 1. The number of halogens is 1. The average Bonchev–Trinajstić information content (AvgIpc) is 2.64. The molecule has 1 fully saturated rings. The lowest BCUT2D eigenvalue weighted by Gasteiger charge is -2.36. The third-order valence-electron chi connectivity index (χ3n) is 4.31. The van der Waals surface area contributed by atoms with Crippen LogP contribution >= 0.6 is 11.6 Å². The molecule has 1 saturated heterocycles. The van der Waals surface area contributed by atoms with Crippen LogP contribution in [-0.4, -0.2) is 53.5 Å². The topological polar surface area (TPSA) is 61.4 Å². The number of aryl methyl sites for hydroxylation is 1. The van der Waals surface area contributed by atoms with Crippen LogP contribution in [0.25, 0.3) is 0 Å². The van der Waals surface area contributed by atoms with Gasteiger partial charge in [0.25, 0.3) is 5.91 Å². The molecular formula is C18H22ClN5O. The molecule has 1 aromatic carbocycles. The molecule has 25 heavy (non-hydrogen) atoms. The Labute approximate surface area is 152 Å². The highest BCUT2D eigenvalue weighted by molar-refractivity contribution is 6.30. The number of anilines is 2. The smallest absolute Gasteiger partial charge is 0.257 e. The zero-order chi connectivity index (χ0) is 17.8. The monoisotopic (exact) mass is 359 g/mol. The lowest BCUT2D eigenvalue weighted by Crippen LogP contribution is -2.49. The van der Waals surface area contributed by atoms with E-state index in [-0.39, 0.29) is 5.91 Å². The number of carbonyl (C=O) groups is 1. The number of hydrogen-bond acceptors (Lipinski definition) is 5. The van der Waals surface area contributed by atoms with Crippen molar-refractivity contribution in [3.05, 3.63) is 46.7 Å². The maximum Gasteiger partial charge on any atom is 0.257 e. The molecule has 2 heterocycles. The van der Waals surface area contributed by atoms with Crippen LogP contribution in [0.4, 0.5) is 11.6 Å². The van der Waals surface area contributed by atoms with E-state index < -0.39 is 0 Å². The molecule has 1 N–H and O–H groups in total. The first-order chi connectivity index (χ1) is 12.1. The Kier molecular flexibility index (Phi) is 5.38. The Balaban J connectivity index is 1.63. The molecule has 2 aromatic rings. The van der Waals surface area contributed by atoms with Crippen LogP contribution in [0.3, 0.4) is 0 Å². The van der Waals surface area contributed by atoms with E-state index in [4.69, 9.17) is 11.6 Å². The number of nitrogens with one attached hydrogen (secondary N) is 1. The molecule has 0 spiro atoms. The molecule has 0 unspecified atom stereocenters. The fraction of sp³-hybridized carbons (Fsp3) is 0.389. The summed E-state index contributed by atoms with van der Waals surface area (Å²) in [6.07, 6.45) is 3.17. The van der Waals surface area contributed by atoms with E-state index in [1.54, 1.807) is 12.4 Å². The highest BCUT2D eigenvalue weighted by Crippen LogP contribution is 2.25. The van der Waals surface area contributed by atoms with Crippen molar-refractivity contribution in [2.75, 3.05) is 42.9 Å². The summed E-state index contributed by atoms with van der Waals surface area (Å²) in [6, 6.07) is 5.91. The zero-order valence-electron chi connectivity index (χ0n) is 14.5. The normalized spacial score (nSPS) is 14.5. The summed E-state index contributed by atoms with van der Waals surface area (Å²) < 4.78 is 0. The van der Waals surface area contributed by atoms with Gasteiger partial charge < -0.3 is 15.1 Å². The molecule has 6 nitrogen and oxygen atoms in total. The van der Waals surface area contributed by atoms with Crippen LogP contribution in [0.2, 0.25) is 5.02 Å². The van der Waals surface area contributed by atoms with Crippen molar-refractivity contribution >= 4 is 29.1 Å². The van der Waals surface area contributed by atoms with Crippen molar-refractivity contribution in [3.63, 3.8) is 0 Å². The number of nitrogens with zero attached hydrogens (tertiary/aromatic N) is 4. The Morgan fingerprint density at radius 1 is 1.20 bits per heavy atom. The number of carbonyl (C=O) groups excluding carboxylic acids is 1. The van der Waals surface area contributed by atoms with Gasteiger partial charge in [-0.25, -0.2) is 9.97 Å². The Hall–Kier alpha value is -2.34. The molecule has 1 aromatic heterocycles. The van der Waals surface area contributed by atoms with E-state index in [2.05, 4.69) is 27.1 Å². The van der Waals surface area contributed by atoms with Crippen molar-refractivity contribution in [1.29, 1.82) is 0 Å². The van der Waals surface area contributed by atoms with Crippen LogP contribution < -0.4 is 10.2 Å². The van der Waals surface area contributed by atoms with E-state index in [1.807, 2.05) is 30.0 Å². The van der Waals surface area contributed by atoms with Crippen molar-refractivity contribution in [2.24, 2.45) is 0 Å². The predicted octanol–water partition coefficient (Wildman–Crippen LogP) is 2.83. The van der Waals surface area contributed by atoms with Gasteiger partial charge in [-0.15, -0.1) is 0 Å². The Morgan fingerprint density at radius 2 is 1.88 bits per heavy atom. The second kappa shape index (κ2) is 7.70. The van der Waals surface area contributed by atoms with Crippen LogP contribution in [0.1, 0.15) is 22.8 Å². The molecule has 132 valence electrons. The Morgan fingerprint density at radius 3 is 2.52 bits per heavy atom. The minimum Gasteiger partial charge on any atom is -0.368 e. The fourth-order valence-corrected chi connectivity index (χ4v) is 3.11. The first kappa shape index (κ1) is 17.5. The number of rotatable bonds is 4. The number of benzene rings is 1. The van der Waals surface area contributed by atoms with Crippen LogP contribution in [0.5, 0.6) is 0 Å². The van der Waals surface area contributed by atoms with Crippen molar-refractivity contribution in [2.45, 2.75) is 13.8 Å². The van der Waals surface area contributed by atoms with Gasteiger partial charge in [0.15, 0.2) is 0 Å². The lowest BCUT2D eigenvalue weighted by molar-refractivity contribution is 0.0746. The Bertz CT molecular complexity index is 742. The van der Waals surface area contributed by atoms with Gasteiger partial charge in [0.1, 0.15) is 0 Å². The van der Waals surface area contributed by atoms with Crippen LogP contribution in [-0.2, 0) is 0 Å². The third-order valence-corrected chi connectivity index (χ3v) is 4.55. The number of amides is 1. The van der Waals surface area contributed by atoms with Crippen molar-refractivity contribution in [3.8, 4) is 0 Å². The maximum absolute atomic E-state index is 12.6. The summed E-state index contributed by atoms with van der Waals surface area (Å²) in [5.41, 5.74) is 2.85. The highest BCUT2D eigenvalue weighted by Gasteiger charge is 2.23. The van der Waals surface area contributed by atoms with Crippen molar-refractivity contribution < 1.29 is 4.79 Å². The second-order valence-corrected chi connectivity index (χ2v) is 6.47. The quantitative estimate of drug-likeness (QED) is 0.909. The van der Waals surface area contributed by atoms with E-state index in [9.17, 15) is 4.79 Å². The predicted molar refractivity (Wildman–Crippen MR) is 101 cm³/mol. The SMILES string of the molecule is CCNc1ncc(C(=O)N2CCN(c3cc(Cl)ccc3C)CC2)cn1. The van der Waals surface area contributed by atoms with E-state index in [0.29, 0.717) is 24.6 Å². The van der Waals surface area contributed by atoms with Gasteiger partial charge in [-0.2, -0.15) is 0 Å². The van der Waals surface area contributed by atoms with Gasteiger partial charge in [0, 0.05) is 55.8 Å². The fourth-order valence-electron chi connectivity index (χ4n) is 2.94. The summed E-state index contributed by atoms with van der Waals surface area (Å²) in [7, 11) is 0. The summed E-state index contributed by atoms with van der Waals surface area (Å²) >= 11 is 6.12. The van der Waals surface area contributed by atoms with Gasteiger partial charge in [-0.1, -0.05) is 17.7 Å². The molecule has 0 bridgehead atoms. The zero-order valence-corrected chi connectivity index (χ0v) is 15.3. The van der Waals surface area contributed by atoms with E-state index >= 15 is 0 Å². The molecule has 1 aliphatic rings. The summed E-state index contributed by atoms with van der Waals surface area (Å²) in [5.74, 6) is 0.519. The molecular weight excluding hydrogens is 338 g/mol. The van der Waals surface area contributed by atoms with Gasteiger partial charge in [0.2, 0.25) is 5.95 Å². The molecule has 1 amide bonds. The number of piperazine rings is 1. The first-order valence-corrected chi connectivity index (χ1v) is 8.82. The molecule has 0 aliphatic carbocycles. The molecule has 0 radical (unpaired) electrons. The van der Waals surface area contributed by atoms with Crippen LogP contribution in [0, 0.1) is 6.92 Å². The summed E-state index contributed by atoms with van der Waals surface area (Å²) in [5, 5.41) is 3.76. The first-order valence-electron chi connectivity index (χ1n) is 8.44. The summed E-state index contributed by atoms with van der Waals surface area (Å²) in [6.45, 7) is 7.69. The minimum absolute atomic E-state index is 0.0227. The average molecular weight is 360 g/mol. The highest BCUT2D eigenvalue weighted by atomic mass is 35.5. The largest absolute Gasteiger partial charge is 0.368 e. The minimum atomic E-state index is -0.0227. The third kappa shape index (κ3) is 4.02. The molecule has 1 aliphatic heterocycles. The maximum atomic E-state index is 12.6. The van der Waals surface area contributed by atoms with Gasteiger partial charge in [-0.3, -0.25) is 4.79 Å². The standard InChI is InChI=1S/C18H22ClN5O/c1-3-20-18-21-11-14(12-22-18)17(25)24-8-6-23(7-9-24)16-10-15(19)5-4-13(16)2/h4-5,10-12H,3,6-9H2,1-2H3,(H,20,21,22). The number of aromatic nitrogens is 2. The molecule has 0 saturated carbocycles. The van der Waals surface area contributed by atoms with Gasteiger partial charge in [0.05, 0.1) is 5.56 Å². The molecule has 0 atom stereocenters. The lowest BCUT2D eigenvalue weighted by atomic mass is 10.1. The van der Waals surface area contributed by atoms with Crippen molar-refractivity contribution in [1.82, 2.24) is 14.9 Å².